The van der Waals surface area contributed by atoms with Gasteiger partial charge in [-0.1, -0.05) is 31.3 Å². The fraction of sp³-hybridized carbons (Fsp3) is 0.769. The molecule has 0 saturated heterocycles. The number of sulfonamides is 1. The van der Waals surface area contributed by atoms with Gasteiger partial charge >= 0.3 is 0 Å². The van der Waals surface area contributed by atoms with Gasteiger partial charge in [0.15, 0.2) is 5.76 Å². The van der Waals surface area contributed by atoms with Gasteiger partial charge in [0.2, 0.25) is 10.0 Å². The molecular formula is C13H22N2O3S. The zero-order chi connectivity index (χ0) is 14.0. The summed E-state index contributed by atoms with van der Waals surface area (Å²) in [6.45, 7) is 5.41. The molecule has 1 saturated carbocycles. The molecule has 1 aliphatic carbocycles. The van der Waals surface area contributed by atoms with E-state index in [0.29, 0.717) is 17.4 Å². The van der Waals surface area contributed by atoms with Crippen molar-refractivity contribution in [2.75, 3.05) is 0 Å². The molecule has 5 nitrogen and oxygen atoms in total. The molecule has 108 valence electrons. The molecule has 2 atom stereocenters. The standard InChI is InChI=1S/C13H22N2O3S/c1-4-11-7-5-6-8-12(11)15-19(16,17)13-9(2)14-18-10(13)3/h11-12,15H,4-8H2,1-3H3. The Balaban J connectivity index is 2.21. The van der Waals surface area contributed by atoms with Crippen LogP contribution >= 0.6 is 0 Å². The molecule has 0 amide bonds. The summed E-state index contributed by atoms with van der Waals surface area (Å²) in [5.41, 5.74) is 0.425. The highest BCUT2D eigenvalue weighted by Crippen LogP contribution is 2.29. The lowest BCUT2D eigenvalue weighted by Crippen LogP contribution is -2.42. The Bertz CT molecular complexity index is 517. The van der Waals surface area contributed by atoms with Crippen LogP contribution in [0.5, 0.6) is 0 Å². The molecule has 0 spiro atoms. The zero-order valence-corrected chi connectivity index (χ0v) is 12.6. The molecular weight excluding hydrogens is 264 g/mol. The summed E-state index contributed by atoms with van der Waals surface area (Å²) >= 11 is 0. The number of nitrogens with one attached hydrogen (secondary N) is 1. The molecule has 19 heavy (non-hydrogen) atoms. The van der Waals surface area contributed by atoms with Gasteiger partial charge in [-0.3, -0.25) is 0 Å². The summed E-state index contributed by atoms with van der Waals surface area (Å²) in [7, 11) is -3.53. The van der Waals surface area contributed by atoms with Gasteiger partial charge in [-0.05, 0) is 32.6 Å². The number of nitrogens with zero attached hydrogens (tertiary/aromatic N) is 1. The molecule has 0 radical (unpaired) electrons. The van der Waals surface area contributed by atoms with E-state index in [2.05, 4.69) is 16.8 Å². The van der Waals surface area contributed by atoms with E-state index in [9.17, 15) is 8.42 Å². The zero-order valence-electron chi connectivity index (χ0n) is 11.8. The lowest BCUT2D eigenvalue weighted by molar-refractivity contribution is 0.282. The van der Waals surface area contributed by atoms with Crippen LogP contribution in [0.15, 0.2) is 9.42 Å². The van der Waals surface area contributed by atoms with Crippen LogP contribution in [-0.4, -0.2) is 19.6 Å². The first kappa shape index (κ1) is 14.5. The van der Waals surface area contributed by atoms with E-state index in [-0.39, 0.29) is 10.9 Å². The van der Waals surface area contributed by atoms with Gasteiger partial charge in [-0.15, -0.1) is 0 Å². The molecule has 0 aliphatic heterocycles. The maximum absolute atomic E-state index is 12.5. The first-order valence-corrected chi connectivity index (χ1v) is 8.39. The third kappa shape index (κ3) is 3.00. The minimum atomic E-state index is -3.53. The normalized spacial score (nSPS) is 24.6. The van der Waals surface area contributed by atoms with Crippen molar-refractivity contribution in [1.29, 1.82) is 0 Å². The predicted molar refractivity (Wildman–Crippen MR) is 72.3 cm³/mol. The molecule has 0 aromatic carbocycles. The molecule has 1 aliphatic rings. The number of aromatic nitrogens is 1. The maximum atomic E-state index is 12.5. The SMILES string of the molecule is CCC1CCCCC1NS(=O)(=O)c1c(C)noc1C. The van der Waals surface area contributed by atoms with Crippen molar-refractivity contribution in [3.05, 3.63) is 11.5 Å². The number of hydrogen-bond acceptors (Lipinski definition) is 4. The fourth-order valence-corrected chi connectivity index (χ4v) is 4.64. The molecule has 0 bridgehead atoms. The summed E-state index contributed by atoms with van der Waals surface area (Å²) in [6, 6.07) is 0.0393. The molecule has 6 heteroatoms. The average molecular weight is 286 g/mol. The van der Waals surface area contributed by atoms with Crippen LogP contribution in [0.2, 0.25) is 0 Å². The first-order chi connectivity index (χ1) is 8.95. The Hall–Kier alpha value is -0.880. The third-order valence-electron chi connectivity index (χ3n) is 3.98. The van der Waals surface area contributed by atoms with E-state index < -0.39 is 10.0 Å². The molecule has 1 heterocycles. The predicted octanol–water partition coefficient (Wildman–Crippen LogP) is 2.54. The molecule has 1 N–H and O–H groups in total. The largest absolute Gasteiger partial charge is 0.360 e. The van der Waals surface area contributed by atoms with E-state index in [0.717, 1.165) is 25.7 Å². The van der Waals surface area contributed by atoms with Crippen molar-refractivity contribution in [3.63, 3.8) is 0 Å². The molecule has 1 aromatic rings. The Morgan fingerprint density at radius 1 is 1.32 bits per heavy atom. The van der Waals surface area contributed by atoms with Crippen molar-refractivity contribution >= 4 is 10.0 Å². The van der Waals surface area contributed by atoms with Gasteiger partial charge in [-0.2, -0.15) is 0 Å². The summed E-state index contributed by atoms with van der Waals surface area (Å²) in [5.74, 6) is 0.790. The fourth-order valence-electron chi connectivity index (χ4n) is 2.97. The highest BCUT2D eigenvalue weighted by atomic mass is 32.2. The molecule has 1 aromatic heterocycles. The van der Waals surface area contributed by atoms with Crippen LogP contribution in [0.3, 0.4) is 0 Å². The number of aryl methyl sites for hydroxylation is 2. The van der Waals surface area contributed by atoms with Gasteiger partial charge in [0.25, 0.3) is 0 Å². The van der Waals surface area contributed by atoms with Crippen LogP contribution < -0.4 is 4.72 Å². The molecule has 1 fully saturated rings. The van der Waals surface area contributed by atoms with E-state index >= 15 is 0 Å². The Morgan fingerprint density at radius 3 is 2.58 bits per heavy atom. The monoisotopic (exact) mass is 286 g/mol. The Labute approximate surface area is 114 Å². The van der Waals surface area contributed by atoms with E-state index in [1.165, 1.54) is 6.42 Å². The van der Waals surface area contributed by atoms with Crippen molar-refractivity contribution in [2.24, 2.45) is 5.92 Å². The minimum Gasteiger partial charge on any atom is -0.360 e. The summed E-state index contributed by atoms with van der Waals surface area (Å²) in [6.07, 6.45) is 5.31. The van der Waals surface area contributed by atoms with Crippen molar-refractivity contribution in [1.82, 2.24) is 9.88 Å². The van der Waals surface area contributed by atoms with Crippen LogP contribution in [0, 0.1) is 19.8 Å². The lowest BCUT2D eigenvalue weighted by Gasteiger charge is -2.31. The topological polar surface area (TPSA) is 72.2 Å². The Morgan fingerprint density at radius 2 is 2.00 bits per heavy atom. The second-order valence-electron chi connectivity index (χ2n) is 5.33. The van der Waals surface area contributed by atoms with Gasteiger partial charge in [0, 0.05) is 6.04 Å². The maximum Gasteiger partial charge on any atom is 0.246 e. The Kier molecular flexibility index (Phi) is 4.30. The lowest BCUT2D eigenvalue weighted by atomic mass is 9.83. The average Bonchev–Trinajstić information content (AvgIpc) is 2.70. The van der Waals surface area contributed by atoms with Crippen LogP contribution in [0.25, 0.3) is 0 Å². The second kappa shape index (κ2) is 5.63. The van der Waals surface area contributed by atoms with Crippen molar-refractivity contribution in [3.8, 4) is 0 Å². The van der Waals surface area contributed by atoms with E-state index in [4.69, 9.17) is 4.52 Å². The van der Waals surface area contributed by atoms with Crippen LogP contribution in [0.1, 0.15) is 50.5 Å². The first-order valence-electron chi connectivity index (χ1n) is 6.91. The quantitative estimate of drug-likeness (QED) is 0.923. The van der Waals surface area contributed by atoms with E-state index in [1.807, 2.05) is 0 Å². The van der Waals surface area contributed by atoms with Gasteiger partial charge in [0.05, 0.1) is 0 Å². The van der Waals surface area contributed by atoms with E-state index in [1.54, 1.807) is 13.8 Å². The second-order valence-corrected chi connectivity index (χ2v) is 6.98. The highest BCUT2D eigenvalue weighted by molar-refractivity contribution is 7.89. The van der Waals surface area contributed by atoms with Crippen LogP contribution in [0.4, 0.5) is 0 Å². The molecule has 2 rings (SSSR count). The minimum absolute atomic E-state index is 0.0393. The highest BCUT2D eigenvalue weighted by Gasteiger charge is 2.31. The van der Waals surface area contributed by atoms with Gasteiger partial charge < -0.3 is 4.52 Å². The smallest absolute Gasteiger partial charge is 0.246 e. The molecule has 2 unspecified atom stereocenters. The van der Waals surface area contributed by atoms with Gasteiger partial charge in [0.1, 0.15) is 10.6 Å². The third-order valence-corrected chi connectivity index (χ3v) is 5.71. The van der Waals surface area contributed by atoms with Crippen LogP contribution in [-0.2, 0) is 10.0 Å². The summed E-state index contributed by atoms with van der Waals surface area (Å²) in [5, 5.41) is 3.72. The van der Waals surface area contributed by atoms with Crippen molar-refractivity contribution < 1.29 is 12.9 Å². The van der Waals surface area contributed by atoms with Crippen molar-refractivity contribution in [2.45, 2.75) is 63.8 Å². The summed E-state index contributed by atoms with van der Waals surface area (Å²) < 4.78 is 32.7. The summed E-state index contributed by atoms with van der Waals surface area (Å²) in [4.78, 5) is 0.202. The van der Waals surface area contributed by atoms with Gasteiger partial charge in [-0.25, -0.2) is 13.1 Å². The number of rotatable bonds is 4. The number of hydrogen-bond donors (Lipinski definition) is 1.